The summed E-state index contributed by atoms with van der Waals surface area (Å²) in [7, 11) is 0. The van der Waals surface area contributed by atoms with E-state index in [0.29, 0.717) is 6.54 Å². The fourth-order valence-electron chi connectivity index (χ4n) is 0.272. The van der Waals surface area contributed by atoms with Crippen molar-refractivity contribution in [3.63, 3.8) is 0 Å². The van der Waals surface area contributed by atoms with Crippen molar-refractivity contribution in [3.05, 3.63) is 12.2 Å². The van der Waals surface area contributed by atoms with E-state index in [4.69, 9.17) is 5.73 Å². The molecule has 3 heteroatoms. The minimum Gasteiger partial charge on any atom is -0.330 e. The molecule has 0 atom stereocenters. The topological polar surface area (TPSA) is 43.1 Å². The standard InChI is InChI=1S/C5H8INO/c6-5(8)3-1-2-4-7/h1,3H,2,4,7H2/b3-1+. The molecule has 0 aliphatic heterocycles. The highest BCUT2D eigenvalue weighted by Crippen LogP contribution is 1.88. The quantitative estimate of drug-likeness (QED) is 0.439. The monoisotopic (exact) mass is 225 g/mol. The molecule has 0 amide bonds. The molecule has 46 valence electrons. The van der Waals surface area contributed by atoms with Gasteiger partial charge >= 0.3 is 0 Å². The molecule has 8 heavy (non-hydrogen) atoms. The first-order valence-corrected chi connectivity index (χ1v) is 3.41. The second-order valence-electron chi connectivity index (χ2n) is 1.28. The minimum atomic E-state index is 0.0519. The van der Waals surface area contributed by atoms with Crippen LogP contribution in [0.3, 0.4) is 0 Å². The van der Waals surface area contributed by atoms with Gasteiger partial charge < -0.3 is 5.73 Å². The third kappa shape index (κ3) is 6.10. The van der Waals surface area contributed by atoms with Gasteiger partial charge in [0.1, 0.15) is 0 Å². The van der Waals surface area contributed by atoms with Gasteiger partial charge in [-0.2, -0.15) is 0 Å². The summed E-state index contributed by atoms with van der Waals surface area (Å²) in [4.78, 5) is 10.2. The molecular weight excluding hydrogens is 217 g/mol. The Balaban J connectivity index is 3.20. The molecule has 0 heterocycles. The maximum atomic E-state index is 10.2. The summed E-state index contributed by atoms with van der Waals surface area (Å²) in [5.74, 6) is 0. The van der Waals surface area contributed by atoms with E-state index in [1.54, 1.807) is 28.7 Å². The van der Waals surface area contributed by atoms with Crippen molar-refractivity contribution < 1.29 is 4.79 Å². The summed E-state index contributed by atoms with van der Waals surface area (Å²) < 4.78 is 0.0519. The molecule has 2 nitrogen and oxygen atoms in total. The molecule has 0 saturated heterocycles. The molecule has 0 aromatic heterocycles. The van der Waals surface area contributed by atoms with Gasteiger partial charge in [-0.3, -0.25) is 4.79 Å². The number of rotatable bonds is 3. The number of nitrogens with two attached hydrogens (primary N) is 1. The zero-order valence-corrected chi connectivity index (χ0v) is 6.59. The number of hydrogen-bond acceptors (Lipinski definition) is 2. The summed E-state index contributed by atoms with van der Waals surface area (Å²) in [6.07, 6.45) is 4.08. The Morgan fingerprint density at radius 3 is 2.75 bits per heavy atom. The summed E-state index contributed by atoms with van der Waals surface area (Å²) in [6, 6.07) is 0. The van der Waals surface area contributed by atoms with Crippen LogP contribution in [0.1, 0.15) is 6.42 Å². The number of carbonyl (C=O) groups is 1. The SMILES string of the molecule is NCC/C=C/C(=O)I. The van der Waals surface area contributed by atoms with E-state index in [-0.39, 0.29) is 3.79 Å². The molecule has 0 saturated carbocycles. The molecule has 0 aliphatic rings. The van der Waals surface area contributed by atoms with Crippen LogP contribution in [0.25, 0.3) is 0 Å². The van der Waals surface area contributed by atoms with Crippen molar-refractivity contribution in [2.45, 2.75) is 6.42 Å². The molecule has 0 aliphatic carbocycles. The lowest BCUT2D eigenvalue weighted by Crippen LogP contribution is -1.95. The first-order valence-electron chi connectivity index (χ1n) is 2.33. The van der Waals surface area contributed by atoms with Crippen LogP contribution in [-0.2, 0) is 4.79 Å². The first kappa shape index (κ1) is 8.10. The lowest BCUT2D eigenvalue weighted by Gasteiger charge is -1.79. The van der Waals surface area contributed by atoms with Crippen LogP contribution < -0.4 is 5.73 Å². The minimum absolute atomic E-state index is 0.0519. The maximum absolute atomic E-state index is 10.2. The van der Waals surface area contributed by atoms with Gasteiger partial charge in [-0.15, -0.1) is 0 Å². The fraction of sp³-hybridized carbons (Fsp3) is 0.400. The van der Waals surface area contributed by atoms with E-state index in [1.807, 2.05) is 0 Å². The number of hydrogen-bond donors (Lipinski definition) is 1. The Hall–Kier alpha value is 0.1000. The van der Waals surface area contributed by atoms with Crippen molar-refractivity contribution in [2.24, 2.45) is 5.73 Å². The number of carbonyl (C=O) groups excluding carboxylic acids is 1. The zero-order valence-electron chi connectivity index (χ0n) is 4.43. The van der Waals surface area contributed by atoms with Gasteiger partial charge in [-0.05, 0) is 19.0 Å². The third-order valence-electron chi connectivity index (χ3n) is 0.582. The number of halogens is 1. The van der Waals surface area contributed by atoms with Gasteiger partial charge in [0.05, 0.1) is 0 Å². The molecular formula is C5H8INO. The van der Waals surface area contributed by atoms with E-state index >= 15 is 0 Å². The van der Waals surface area contributed by atoms with Gasteiger partial charge in [0.25, 0.3) is 0 Å². The van der Waals surface area contributed by atoms with E-state index < -0.39 is 0 Å². The van der Waals surface area contributed by atoms with Gasteiger partial charge in [0, 0.05) is 22.6 Å². The van der Waals surface area contributed by atoms with Crippen molar-refractivity contribution >= 4 is 26.4 Å². The van der Waals surface area contributed by atoms with Gasteiger partial charge in [0.2, 0.25) is 3.79 Å². The lowest BCUT2D eigenvalue weighted by atomic mass is 10.4. The molecule has 0 bridgehead atoms. The largest absolute Gasteiger partial charge is 0.330 e. The highest BCUT2D eigenvalue weighted by Gasteiger charge is 1.80. The molecule has 0 fully saturated rings. The zero-order chi connectivity index (χ0) is 6.41. The Morgan fingerprint density at radius 2 is 2.38 bits per heavy atom. The molecule has 0 aromatic carbocycles. The molecule has 0 unspecified atom stereocenters. The summed E-state index contributed by atoms with van der Waals surface area (Å²) in [5.41, 5.74) is 5.15. The number of allylic oxidation sites excluding steroid dienone is 1. The summed E-state index contributed by atoms with van der Waals surface area (Å²) in [6.45, 7) is 0.612. The van der Waals surface area contributed by atoms with Crippen LogP contribution >= 0.6 is 22.6 Å². The van der Waals surface area contributed by atoms with Crippen LogP contribution in [-0.4, -0.2) is 10.3 Å². The molecule has 0 spiro atoms. The highest BCUT2D eigenvalue weighted by molar-refractivity contribution is 14.1. The highest BCUT2D eigenvalue weighted by atomic mass is 127. The Labute approximate surface area is 62.3 Å². The van der Waals surface area contributed by atoms with Crippen LogP contribution in [0.4, 0.5) is 0 Å². The Bertz CT molecular complexity index is 101. The van der Waals surface area contributed by atoms with E-state index in [0.717, 1.165) is 6.42 Å². The summed E-state index contributed by atoms with van der Waals surface area (Å²) >= 11 is 1.72. The predicted molar refractivity (Wildman–Crippen MR) is 41.8 cm³/mol. The molecule has 0 aromatic rings. The van der Waals surface area contributed by atoms with Crippen molar-refractivity contribution in [2.75, 3.05) is 6.54 Å². The second-order valence-corrected chi connectivity index (χ2v) is 2.35. The van der Waals surface area contributed by atoms with Crippen molar-refractivity contribution in [1.82, 2.24) is 0 Å². The van der Waals surface area contributed by atoms with Crippen LogP contribution in [0.5, 0.6) is 0 Å². The normalized spacial score (nSPS) is 10.2. The Kier molecular flexibility index (Phi) is 5.31. The predicted octanol–water partition coefficient (Wildman–Crippen LogP) is 0.853. The van der Waals surface area contributed by atoms with Crippen LogP contribution in [0.15, 0.2) is 12.2 Å². The van der Waals surface area contributed by atoms with Gasteiger partial charge in [-0.25, -0.2) is 0 Å². The van der Waals surface area contributed by atoms with E-state index in [9.17, 15) is 4.79 Å². The molecule has 0 rings (SSSR count). The van der Waals surface area contributed by atoms with Crippen LogP contribution in [0.2, 0.25) is 0 Å². The maximum Gasteiger partial charge on any atom is 0.214 e. The lowest BCUT2D eigenvalue weighted by molar-refractivity contribution is -0.105. The van der Waals surface area contributed by atoms with E-state index in [1.165, 1.54) is 6.08 Å². The molecule has 2 N–H and O–H groups in total. The fourth-order valence-corrected chi connectivity index (χ4v) is 0.526. The average Bonchev–Trinajstić information content (AvgIpc) is 1.66. The average molecular weight is 225 g/mol. The van der Waals surface area contributed by atoms with Crippen molar-refractivity contribution in [3.8, 4) is 0 Å². The summed E-state index contributed by atoms with van der Waals surface area (Å²) in [5, 5.41) is 0. The first-order chi connectivity index (χ1) is 3.77. The van der Waals surface area contributed by atoms with Gasteiger partial charge in [0.15, 0.2) is 0 Å². The Morgan fingerprint density at radius 1 is 1.75 bits per heavy atom. The van der Waals surface area contributed by atoms with E-state index in [2.05, 4.69) is 0 Å². The smallest absolute Gasteiger partial charge is 0.214 e. The second kappa shape index (κ2) is 5.24. The van der Waals surface area contributed by atoms with Gasteiger partial charge in [-0.1, -0.05) is 6.08 Å². The van der Waals surface area contributed by atoms with Crippen molar-refractivity contribution in [1.29, 1.82) is 0 Å². The molecule has 0 radical (unpaired) electrons. The van der Waals surface area contributed by atoms with Crippen LogP contribution in [0, 0.1) is 0 Å². The third-order valence-corrected chi connectivity index (χ3v) is 0.942.